The maximum atomic E-state index is 14.4. The molecule has 1 saturated heterocycles. The smallest absolute Gasteiger partial charge is 0.145 e. The SMILES string of the molecule is CCC(CC)(CC)CC1NCC(c2cccc(Cl)c2F)C1C#N.Fc1cccc(Cl)c1. The van der Waals surface area contributed by atoms with Gasteiger partial charge in [0, 0.05) is 23.5 Å². The van der Waals surface area contributed by atoms with Crippen LogP contribution in [-0.4, -0.2) is 12.6 Å². The third-order valence-corrected chi connectivity index (χ3v) is 7.21. The fourth-order valence-corrected chi connectivity index (χ4v) is 4.77. The third-order valence-electron chi connectivity index (χ3n) is 6.69. The van der Waals surface area contributed by atoms with Crippen LogP contribution in [0.1, 0.15) is 57.9 Å². The number of nitrogens with zero attached hydrogens (tertiary/aromatic N) is 1. The van der Waals surface area contributed by atoms with Crippen LogP contribution in [0.4, 0.5) is 8.78 Å². The molecule has 3 unspecified atom stereocenters. The minimum Gasteiger partial charge on any atom is -0.312 e. The zero-order valence-electron chi connectivity index (χ0n) is 18.3. The van der Waals surface area contributed by atoms with Crippen LogP contribution < -0.4 is 5.32 Å². The quantitative estimate of drug-likeness (QED) is 0.471. The lowest BCUT2D eigenvalue weighted by Gasteiger charge is -2.34. The molecule has 1 N–H and O–H groups in total. The molecule has 168 valence electrons. The van der Waals surface area contributed by atoms with Gasteiger partial charge in [-0.05, 0) is 41.7 Å². The third kappa shape index (κ3) is 6.42. The average molecular weight is 467 g/mol. The molecule has 2 aromatic carbocycles. The van der Waals surface area contributed by atoms with Crippen LogP contribution in [0, 0.1) is 34.3 Å². The van der Waals surface area contributed by atoms with Crippen LogP contribution in [0.15, 0.2) is 42.5 Å². The number of rotatable bonds is 6. The Morgan fingerprint density at radius 3 is 2.23 bits per heavy atom. The van der Waals surface area contributed by atoms with Crippen molar-refractivity contribution in [1.82, 2.24) is 5.32 Å². The number of hydrogen-bond acceptors (Lipinski definition) is 2. The number of nitriles is 1. The summed E-state index contributed by atoms with van der Waals surface area (Å²) >= 11 is 11.3. The largest absolute Gasteiger partial charge is 0.312 e. The fourth-order valence-electron chi connectivity index (χ4n) is 4.41. The lowest BCUT2D eigenvalue weighted by molar-refractivity contribution is 0.194. The Bertz CT molecular complexity index is 868. The summed E-state index contributed by atoms with van der Waals surface area (Å²) < 4.78 is 26.4. The molecule has 1 aliphatic heterocycles. The first kappa shape index (κ1) is 25.6. The maximum Gasteiger partial charge on any atom is 0.145 e. The molecule has 2 nitrogen and oxygen atoms in total. The monoisotopic (exact) mass is 466 g/mol. The van der Waals surface area contributed by atoms with Gasteiger partial charge in [-0.15, -0.1) is 0 Å². The van der Waals surface area contributed by atoms with Crippen molar-refractivity contribution in [3.63, 3.8) is 0 Å². The van der Waals surface area contributed by atoms with Crippen molar-refractivity contribution >= 4 is 23.2 Å². The Balaban J connectivity index is 0.000000357. The molecule has 0 saturated carbocycles. The first-order chi connectivity index (χ1) is 14.8. The molecule has 3 rings (SSSR count). The molecular formula is C25H30Cl2F2N2. The fraction of sp³-hybridized carbons (Fsp3) is 0.480. The normalized spacial score (nSPS) is 20.6. The minimum atomic E-state index is -0.380. The van der Waals surface area contributed by atoms with E-state index in [0.29, 0.717) is 17.1 Å². The summed E-state index contributed by atoms with van der Waals surface area (Å²) in [5, 5.41) is 13.7. The molecule has 3 atom stereocenters. The van der Waals surface area contributed by atoms with Gasteiger partial charge in [0.15, 0.2) is 0 Å². The summed E-state index contributed by atoms with van der Waals surface area (Å²) in [6, 6.07) is 13.4. The molecule has 0 bridgehead atoms. The molecule has 0 aromatic heterocycles. The van der Waals surface area contributed by atoms with Crippen LogP contribution in [0.25, 0.3) is 0 Å². The molecule has 0 spiro atoms. The second kappa shape index (κ2) is 11.8. The predicted molar refractivity (Wildman–Crippen MR) is 124 cm³/mol. The Kier molecular flexibility index (Phi) is 9.75. The zero-order chi connectivity index (χ0) is 23.0. The van der Waals surface area contributed by atoms with E-state index in [1.54, 1.807) is 30.3 Å². The van der Waals surface area contributed by atoms with Gasteiger partial charge in [0.2, 0.25) is 0 Å². The Morgan fingerprint density at radius 2 is 1.71 bits per heavy atom. The Labute approximate surface area is 194 Å². The molecular weight excluding hydrogens is 437 g/mol. The molecule has 6 heteroatoms. The molecule has 1 fully saturated rings. The lowest BCUT2D eigenvalue weighted by Crippen LogP contribution is -2.34. The molecule has 0 radical (unpaired) electrons. The van der Waals surface area contributed by atoms with Crippen molar-refractivity contribution < 1.29 is 8.78 Å². The second-order valence-electron chi connectivity index (χ2n) is 8.12. The summed E-state index contributed by atoms with van der Waals surface area (Å²) in [6.45, 7) is 7.29. The van der Waals surface area contributed by atoms with Crippen molar-refractivity contribution in [2.24, 2.45) is 11.3 Å². The van der Waals surface area contributed by atoms with Crippen molar-refractivity contribution in [2.45, 2.75) is 58.4 Å². The Morgan fingerprint density at radius 1 is 1.06 bits per heavy atom. The average Bonchev–Trinajstić information content (AvgIpc) is 3.16. The van der Waals surface area contributed by atoms with Gasteiger partial charge >= 0.3 is 0 Å². The number of halogens is 4. The lowest BCUT2D eigenvalue weighted by atomic mass is 9.72. The number of benzene rings is 2. The summed E-state index contributed by atoms with van der Waals surface area (Å²) in [5.41, 5.74) is 0.822. The van der Waals surface area contributed by atoms with Crippen LogP contribution in [0.3, 0.4) is 0 Å². The number of nitrogens with one attached hydrogen (secondary N) is 1. The molecule has 2 aromatic rings. The van der Waals surface area contributed by atoms with E-state index in [1.807, 2.05) is 0 Å². The second-order valence-corrected chi connectivity index (χ2v) is 8.97. The van der Waals surface area contributed by atoms with Gasteiger partial charge in [-0.2, -0.15) is 5.26 Å². The first-order valence-corrected chi connectivity index (χ1v) is 11.5. The standard InChI is InChI=1S/C19H26ClFN2.C6H4ClF/c1-4-19(5-2,6-3)10-17-14(11-22)15(12-23-17)13-8-7-9-16(20)18(13)21;7-5-2-1-3-6(8)4-5/h7-9,14-15,17,23H,4-6,10,12H2,1-3H3;1-4H. The van der Waals surface area contributed by atoms with E-state index >= 15 is 0 Å². The van der Waals surface area contributed by atoms with E-state index in [4.69, 9.17) is 23.2 Å². The first-order valence-electron chi connectivity index (χ1n) is 10.8. The van der Waals surface area contributed by atoms with Crippen LogP contribution in [0.2, 0.25) is 10.0 Å². The highest BCUT2D eigenvalue weighted by molar-refractivity contribution is 6.31. The molecule has 0 aliphatic carbocycles. The van der Waals surface area contributed by atoms with E-state index in [9.17, 15) is 14.0 Å². The van der Waals surface area contributed by atoms with E-state index in [0.717, 1.165) is 25.7 Å². The Hall–Kier alpha value is -1.67. The van der Waals surface area contributed by atoms with E-state index < -0.39 is 0 Å². The highest BCUT2D eigenvalue weighted by Crippen LogP contribution is 2.42. The van der Waals surface area contributed by atoms with Gasteiger partial charge < -0.3 is 5.32 Å². The van der Waals surface area contributed by atoms with Crippen LogP contribution in [0.5, 0.6) is 0 Å². The predicted octanol–water partition coefficient (Wildman–Crippen LogP) is 7.76. The van der Waals surface area contributed by atoms with E-state index in [-0.39, 0.29) is 39.9 Å². The van der Waals surface area contributed by atoms with Gasteiger partial charge in [-0.1, -0.05) is 81.4 Å². The zero-order valence-corrected chi connectivity index (χ0v) is 19.8. The summed E-state index contributed by atoms with van der Waals surface area (Å²) in [6.07, 6.45) is 4.28. The summed E-state index contributed by atoms with van der Waals surface area (Å²) in [4.78, 5) is 0. The highest BCUT2D eigenvalue weighted by atomic mass is 35.5. The van der Waals surface area contributed by atoms with E-state index in [2.05, 4.69) is 32.2 Å². The van der Waals surface area contributed by atoms with Crippen LogP contribution >= 0.6 is 23.2 Å². The van der Waals surface area contributed by atoms with Gasteiger partial charge in [0.1, 0.15) is 11.6 Å². The van der Waals surface area contributed by atoms with Gasteiger partial charge in [-0.3, -0.25) is 0 Å². The van der Waals surface area contributed by atoms with Crippen molar-refractivity contribution in [3.05, 3.63) is 69.7 Å². The van der Waals surface area contributed by atoms with E-state index in [1.165, 1.54) is 12.1 Å². The van der Waals surface area contributed by atoms with Gasteiger partial charge in [-0.25, -0.2) is 8.78 Å². The topological polar surface area (TPSA) is 35.8 Å². The molecule has 0 amide bonds. The van der Waals surface area contributed by atoms with Crippen molar-refractivity contribution in [1.29, 1.82) is 5.26 Å². The minimum absolute atomic E-state index is 0.114. The van der Waals surface area contributed by atoms with Crippen molar-refractivity contribution in [3.8, 4) is 6.07 Å². The molecule has 1 heterocycles. The molecule has 1 aliphatic rings. The molecule has 31 heavy (non-hydrogen) atoms. The highest BCUT2D eigenvalue weighted by Gasteiger charge is 2.41. The number of hydrogen-bond donors (Lipinski definition) is 1. The van der Waals surface area contributed by atoms with Gasteiger partial charge in [0.05, 0.1) is 17.0 Å². The van der Waals surface area contributed by atoms with Crippen LogP contribution in [-0.2, 0) is 0 Å². The summed E-state index contributed by atoms with van der Waals surface area (Å²) in [5.74, 6) is -1.02. The maximum absolute atomic E-state index is 14.4. The summed E-state index contributed by atoms with van der Waals surface area (Å²) in [7, 11) is 0. The van der Waals surface area contributed by atoms with Crippen molar-refractivity contribution in [2.75, 3.05) is 6.54 Å². The van der Waals surface area contributed by atoms with Gasteiger partial charge in [0.25, 0.3) is 0 Å².